The number of para-hydroxylation sites is 2. The zero-order valence-corrected chi connectivity index (χ0v) is 29.5. The van der Waals surface area contributed by atoms with Gasteiger partial charge in [0.2, 0.25) is 17.3 Å². The molecule has 1 atom stereocenters. The second kappa shape index (κ2) is 17.9. The Balaban J connectivity index is 1.18. The number of alkyl carbamates (subject to hydrolysis) is 1. The first-order valence-electron chi connectivity index (χ1n) is 16.9. The van der Waals surface area contributed by atoms with Crippen molar-refractivity contribution in [1.29, 1.82) is 0 Å². The van der Waals surface area contributed by atoms with Gasteiger partial charge in [-0.1, -0.05) is 36.0 Å². The number of ether oxygens (including phenoxy) is 1. The molecule has 2 aromatic carbocycles. The molecule has 0 aliphatic carbocycles. The number of nitrogens with one attached hydrogen (secondary N) is 3. The van der Waals surface area contributed by atoms with Gasteiger partial charge in [-0.2, -0.15) is 4.57 Å². The first kappa shape index (κ1) is 36.7. The number of fused-ring (bicyclic) bond motifs is 2. The SMILES string of the molecule is CN1C(=Cc2cc[n+](CCCCCC(=O)NCCNC(=O)C(CCCCN)NC(=O)OC(C)(C)C)c3ccccc23)Sc2ccccc21. The van der Waals surface area contributed by atoms with Gasteiger partial charge in [0.1, 0.15) is 18.2 Å². The molecule has 0 saturated carbocycles. The van der Waals surface area contributed by atoms with E-state index in [1.807, 2.05) is 0 Å². The normalized spacial score (nSPS) is 14.1. The highest BCUT2D eigenvalue weighted by Gasteiger charge is 2.24. The van der Waals surface area contributed by atoms with Crippen molar-refractivity contribution in [2.24, 2.45) is 5.73 Å². The van der Waals surface area contributed by atoms with Gasteiger partial charge in [0, 0.05) is 50.0 Å². The minimum atomic E-state index is -0.726. The summed E-state index contributed by atoms with van der Waals surface area (Å²) in [5.41, 5.74) is 8.54. The summed E-state index contributed by atoms with van der Waals surface area (Å²) in [6, 6.07) is 18.4. The van der Waals surface area contributed by atoms with E-state index in [1.54, 1.807) is 32.5 Å². The smallest absolute Gasteiger partial charge is 0.408 e. The molecule has 3 aromatic rings. The molecule has 2 heterocycles. The van der Waals surface area contributed by atoms with Crippen LogP contribution in [0.1, 0.15) is 71.3 Å². The van der Waals surface area contributed by atoms with E-state index in [1.165, 1.54) is 32.1 Å². The minimum Gasteiger partial charge on any atom is -0.444 e. The van der Waals surface area contributed by atoms with Gasteiger partial charge in [-0.25, -0.2) is 4.79 Å². The molecule has 0 saturated heterocycles. The van der Waals surface area contributed by atoms with E-state index in [-0.39, 0.29) is 18.4 Å². The molecule has 5 N–H and O–H groups in total. The molecule has 0 spiro atoms. The predicted octanol–water partition coefficient (Wildman–Crippen LogP) is 5.48. The van der Waals surface area contributed by atoms with E-state index >= 15 is 0 Å². The standard InChI is InChI=1S/C37H50N6O4S/c1-37(2,3)47-36(46)41-29(15-11-12-21-38)35(45)40-23-22-39-33(44)19-6-5-13-24-43-25-20-27(28-14-7-8-16-30(28)43)26-34-42(4)31-17-9-10-18-32(31)48-34/h7-10,14,16-18,20,25-26,29H,5-6,11-13,15,19,21-24,38H2,1-4H3,(H2-,39,40,41,44,45,46)/p+1. The van der Waals surface area contributed by atoms with Crippen LogP contribution >= 0.6 is 11.8 Å². The third-order valence-electron chi connectivity index (χ3n) is 8.01. The number of carbonyl (C=O) groups is 3. The Kier molecular flexibility index (Phi) is 13.7. The van der Waals surface area contributed by atoms with Gasteiger partial charge in [-0.15, -0.1) is 0 Å². The van der Waals surface area contributed by atoms with Crippen LogP contribution in [0.15, 0.2) is 70.7 Å². The fourth-order valence-electron chi connectivity index (χ4n) is 5.56. The van der Waals surface area contributed by atoms with Gasteiger partial charge in [0.25, 0.3) is 0 Å². The van der Waals surface area contributed by atoms with Crippen LogP contribution in [0, 0.1) is 0 Å². The van der Waals surface area contributed by atoms with Crippen LogP contribution in [-0.2, 0) is 20.9 Å². The number of anilines is 1. The van der Waals surface area contributed by atoms with Gasteiger partial charge < -0.3 is 31.3 Å². The fraction of sp³-hybridized carbons (Fsp3) is 0.459. The average Bonchev–Trinajstić information content (AvgIpc) is 3.37. The Morgan fingerprint density at radius 2 is 1.71 bits per heavy atom. The minimum absolute atomic E-state index is 0.0389. The van der Waals surface area contributed by atoms with Crippen molar-refractivity contribution in [3.8, 4) is 0 Å². The summed E-state index contributed by atoms with van der Waals surface area (Å²) in [6.45, 7) is 7.28. The van der Waals surface area contributed by atoms with Crippen LogP contribution in [0.2, 0.25) is 0 Å². The molecule has 0 fully saturated rings. The Bertz CT molecular complexity index is 1590. The zero-order chi connectivity index (χ0) is 34.5. The Labute approximate surface area is 288 Å². The lowest BCUT2D eigenvalue weighted by atomic mass is 10.1. The van der Waals surface area contributed by atoms with Crippen molar-refractivity contribution in [2.75, 3.05) is 31.6 Å². The van der Waals surface area contributed by atoms with Crippen molar-refractivity contribution < 1.29 is 23.7 Å². The van der Waals surface area contributed by atoms with Gasteiger partial charge in [-0.05, 0) is 89.3 Å². The number of rotatable bonds is 16. The Morgan fingerprint density at radius 3 is 2.48 bits per heavy atom. The van der Waals surface area contributed by atoms with Crippen LogP contribution in [-0.4, -0.2) is 56.2 Å². The van der Waals surface area contributed by atoms with E-state index in [9.17, 15) is 14.4 Å². The van der Waals surface area contributed by atoms with Crippen molar-refractivity contribution >= 4 is 52.3 Å². The molecule has 0 radical (unpaired) electrons. The average molecular weight is 676 g/mol. The molecular weight excluding hydrogens is 625 g/mol. The lowest BCUT2D eigenvalue weighted by molar-refractivity contribution is -0.671. The summed E-state index contributed by atoms with van der Waals surface area (Å²) < 4.78 is 7.60. The van der Waals surface area contributed by atoms with Crippen LogP contribution in [0.5, 0.6) is 0 Å². The third-order valence-corrected chi connectivity index (χ3v) is 9.18. The lowest BCUT2D eigenvalue weighted by Crippen LogP contribution is -2.49. The van der Waals surface area contributed by atoms with Gasteiger partial charge in [0.05, 0.1) is 16.1 Å². The number of benzene rings is 2. The number of unbranched alkanes of at least 4 members (excludes halogenated alkanes) is 3. The molecule has 10 nitrogen and oxygen atoms in total. The largest absolute Gasteiger partial charge is 0.444 e. The number of amides is 3. The molecule has 3 amide bonds. The van der Waals surface area contributed by atoms with Crippen LogP contribution in [0.25, 0.3) is 17.0 Å². The van der Waals surface area contributed by atoms with Gasteiger partial charge in [-0.3, -0.25) is 9.59 Å². The highest BCUT2D eigenvalue weighted by Crippen LogP contribution is 2.45. The highest BCUT2D eigenvalue weighted by atomic mass is 32.2. The number of carbonyl (C=O) groups excluding carboxylic acids is 3. The molecule has 11 heteroatoms. The highest BCUT2D eigenvalue weighted by molar-refractivity contribution is 8.03. The number of nitrogens with two attached hydrogens (primary N) is 1. The predicted molar refractivity (Wildman–Crippen MR) is 193 cm³/mol. The van der Waals surface area contributed by atoms with Crippen LogP contribution in [0.3, 0.4) is 0 Å². The first-order valence-corrected chi connectivity index (χ1v) is 17.7. The summed E-state index contributed by atoms with van der Waals surface area (Å²) in [6.07, 6.45) is 8.81. The topological polar surface area (TPSA) is 130 Å². The van der Waals surface area contributed by atoms with Gasteiger partial charge >= 0.3 is 6.09 Å². The molecule has 1 unspecified atom stereocenters. The summed E-state index contributed by atoms with van der Waals surface area (Å²) in [7, 11) is 2.12. The molecule has 1 aliphatic heterocycles. The number of nitrogens with zero attached hydrogens (tertiary/aromatic N) is 2. The number of aryl methyl sites for hydroxylation is 1. The molecule has 258 valence electrons. The molecule has 1 aromatic heterocycles. The maximum absolute atomic E-state index is 12.7. The summed E-state index contributed by atoms with van der Waals surface area (Å²) in [4.78, 5) is 40.9. The van der Waals surface area contributed by atoms with Crippen molar-refractivity contribution in [2.45, 2.75) is 88.8 Å². The quantitative estimate of drug-likeness (QED) is 0.117. The van der Waals surface area contributed by atoms with E-state index in [4.69, 9.17) is 10.5 Å². The maximum Gasteiger partial charge on any atom is 0.408 e. The van der Waals surface area contributed by atoms with E-state index in [0.29, 0.717) is 32.4 Å². The number of pyridine rings is 1. The summed E-state index contributed by atoms with van der Waals surface area (Å²) in [5.74, 6) is -0.347. The molecule has 0 bridgehead atoms. The number of aromatic nitrogens is 1. The zero-order valence-electron chi connectivity index (χ0n) is 28.7. The number of hydrogen-bond acceptors (Lipinski definition) is 7. The van der Waals surface area contributed by atoms with Crippen LogP contribution in [0.4, 0.5) is 10.5 Å². The Morgan fingerprint density at radius 1 is 0.958 bits per heavy atom. The molecule has 48 heavy (non-hydrogen) atoms. The van der Waals surface area contributed by atoms with E-state index in [2.05, 4.69) is 99.3 Å². The molecule has 1 aliphatic rings. The summed E-state index contributed by atoms with van der Waals surface area (Å²) >= 11 is 1.80. The first-order chi connectivity index (χ1) is 23.1. The third kappa shape index (κ3) is 11.0. The van der Waals surface area contributed by atoms with Crippen LogP contribution < -0.4 is 31.2 Å². The number of hydrogen-bond donors (Lipinski definition) is 4. The molecule has 4 rings (SSSR count). The van der Waals surface area contributed by atoms with Crippen molar-refractivity contribution in [3.63, 3.8) is 0 Å². The second-order valence-electron chi connectivity index (χ2n) is 13.0. The van der Waals surface area contributed by atoms with Crippen molar-refractivity contribution in [3.05, 3.63) is 71.4 Å². The molecular formula is C37H51N6O4S+. The van der Waals surface area contributed by atoms with Crippen molar-refractivity contribution in [1.82, 2.24) is 16.0 Å². The maximum atomic E-state index is 12.7. The fourth-order valence-corrected chi connectivity index (χ4v) is 6.67. The lowest BCUT2D eigenvalue weighted by Gasteiger charge is -2.23. The summed E-state index contributed by atoms with van der Waals surface area (Å²) in [5, 5.41) is 10.8. The van der Waals surface area contributed by atoms with E-state index in [0.717, 1.165) is 32.2 Å². The number of thioether (sulfide) groups is 1. The Hall–Kier alpha value is -4.09. The second-order valence-corrected chi connectivity index (χ2v) is 14.1. The van der Waals surface area contributed by atoms with E-state index < -0.39 is 17.7 Å². The van der Waals surface area contributed by atoms with Gasteiger partial charge in [0.15, 0.2) is 6.20 Å². The monoisotopic (exact) mass is 675 g/mol.